The minimum atomic E-state index is -0.372. The molecular weight excluding hydrogens is 338 g/mol. The van der Waals surface area contributed by atoms with Crippen LogP contribution >= 0.6 is 11.8 Å². The Morgan fingerprint density at radius 1 is 1.12 bits per heavy atom. The van der Waals surface area contributed by atoms with Gasteiger partial charge in [0.2, 0.25) is 0 Å². The predicted molar refractivity (Wildman–Crippen MR) is 101 cm³/mol. The van der Waals surface area contributed by atoms with Gasteiger partial charge in [0.1, 0.15) is 17.3 Å². The molecule has 130 valence electrons. The van der Waals surface area contributed by atoms with Crippen molar-refractivity contribution in [3.63, 3.8) is 0 Å². The van der Waals surface area contributed by atoms with Crippen LogP contribution in [-0.2, 0) is 0 Å². The Morgan fingerprint density at radius 2 is 1.92 bits per heavy atom. The van der Waals surface area contributed by atoms with Gasteiger partial charge < -0.3 is 13.9 Å². The van der Waals surface area contributed by atoms with Crippen molar-refractivity contribution in [2.45, 2.75) is 6.92 Å². The number of methoxy groups -OCH3 is 2. The topological polar surface area (TPSA) is 61.0 Å². The SMILES string of the molecule is COc1ccc(C2=CC(c3ccc(C)oc3=O)=NCCS2)c(OC)c1. The Kier molecular flexibility index (Phi) is 5.28. The van der Waals surface area contributed by atoms with Crippen molar-refractivity contribution in [1.82, 2.24) is 0 Å². The first-order chi connectivity index (χ1) is 12.1. The number of rotatable bonds is 4. The van der Waals surface area contributed by atoms with E-state index in [1.165, 1.54) is 0 Å². The third kappa shape index (κ3) is 3.79. The summed E-state index contributed by atoms with van der Waals surface area (Å²) < 4.78 is 16.0. The number of allylic oxidation sites excluding steroid dienone is 1. The number of thioether (sulfide) groups is 1. The van der Waals surface area contributed by atoms with E-state index >= 15 is 0 Å². The Hall–Kier alpha value is -2.47. The van der Waals surface area contributed by atoms with Crippen molar-refractivity contribution in [3.05, 3.63) is 63.7 Å². The van der Waals surface area contributed by atoms with Crippen LogP contribution in [0, 0.1) is 6.92 Å². The van der Waals surface area contributed by atoms with Crippen molar-refractivity contribution in [3.8, 4) is 11.5 Å². The van der Waals surface area contributed by atoms with Crippen LogP contribution in [0.3, 0.4) is 0 Å². The number of aliphatic imine (C=N–C) groups is 1. The molecule has 0 fully saturated rings. The standard InChI is InChI=1S/C19H19NO4S/c1-12-4-6-14(19(21)24-12)16-11-18(25-9-8-20-16)15-7-5-13(22-2)10-17(15)23-3/h4-7,10-11H,8-9H2,1-3H3. The van der Waals surface area contributed by atoms with Gasteiger partial charge in [-0.1, -0.05) is 0 Å². The number of ether oxygens (including phenoxy) is 2. The maximum Gasteiger partial charge on any atom is 0.345 e. The van der Waals surface area contributed by atoms with Crippen molar-refractivity contribution < 1.29 is 13.9 Å². The number of hydrogen-bond donors (Lipinski definition) is 0. The second-order valence-electron chi connectivity index (χ2n) is 5.44. The van der Waals surface area contributed by atoms with Crippen molar-refractivity contribution in [2.24, 2.45) is 4.99 Å². The summed E-state index contributed by atoms with van der Waals surface area (Å²) in [5.74, 6) is 2.85. The molecule has 1 aliphatic heterocycles. The normalized spacial score (nSPS) is 14.4. The van der Waals surface area contributed by atoms with Gasteiger partial charge in [-0.2, -0.15) is 0 Å². The lowest BCUT2D eigenvalue weighted by Crippen LogP contribution is -2.13. The van der Waals surface area contributed by atoms with E-state index in [9.17, 15) is 4.79 Å². The molecule has 0 N–H and O–H groups in total. The lowest BCUT2D eigenvalue weighted by atomic mass is 10.1. The molecule has 1 aromatic heterocycles. The predicted octanol–water partition coefficient (Wildman–Crippen LogP) is 3.54. The molecule has 0 bridgehead atoms. The number of nitrogens with zero attached hydrogens (tertiary/aromatic N) is 1. The Labute approximate surface area is 150 Å². The fraction of sp³-hybridized carbons (Fsp3) is 0.263. The molecule has 0 saturated heterocycles. The minimum Gasteiger partial charge on any atom is -0.497 e. The Morgan fingerprint density at radius 3 is 2.64 bits per heavy atom. The molecule has 0 atom stereocenters. The van der Waals surface area contributed by atoms with Gasteiger partial charge in [-0.15, -0.1) is 11.8 Å². The highest BCUT2D eigenvalue weighted by Gasteiger charge is 2.16. The summed E-state index contributed by atoms with van der Waals surface area (Å²) in [6.45, 7) is 2.38. The molecule has 2 heterocycles. The first-order valence-electron chi connectivity index (χ1n) is 7.85. The van der Waals surface area contributed by atoms with Crippen molar-refractivity contribution in [2.75, 3.05) is 26.5 Å². The zero-order valence-electron chi connectivity index (χ0n) is 14.4. The fourth-order valence-corrected chi connectivity index (χ4v) is 3.47. The molecule has 2 aromatic rings. The maximum absolute atomic E-state index is 12.2. The fourth-order valence-electron chi connectivity index (χ4n) is 2.55. The molecule has 3 rings (SSSR count). The molecule has 0 spiro atoms. The highest BCUT2D eigenvalue weighted by Crippen LogP contribution is 2.37. The Balaban J connectivity index is 2.06. The maximum atomic E-state index is 12.2. The minimum absolute atomic E-state index is 0.372. The number of hydrogen-bond acceptors (Lipinski definition) is 6. The van der Waals surface area contributed by atoms with Gasteiger partial charge in [0.15, 0.2) is 0 Å². The van der Waals surface area contributed by atoms with Crippen LogP contribution in [0.5, 0.6) is 11.5 Å². The van der Waals surface area contributed by atoms with Gasteiger partial charge in [0.25, 0.3) is 0 Å². The molecule has 0 radical (unpaired) electrons. The van der Waals surface area contributed by atoms with Crippen molar-refractivity contribution >= 4 is 22.4 Å². The molecule has 0 aliphatic carbocycles. The third-order valence-corrected chi connectivity index (χ3v) is 4.84. The zero-order valence-corrected chi connectivity index (χ0v) is 15.2. The summed E-state index contributed by atoms with van der Waals surface area (Å²) >= 11 is 1.68. The van der Waals surface area contributed by atoms with E-state index in [2.05, 4.69) is 4.99 Å². The second-order valence-corrected chi connectivity index (χ2v) is 6.57. The summed E-state index contributed by atoms with van der Waals surface area (Å²) in [6, 6.07) is 9.23. The molecule has 0 amide bonds. The molecule has 0 saturated carbocycles. The lowest BCUT2D eigenvalue weighted by molar-refractivity contribution is 0.393. The van der Waals surface area contributed by atoms with Gasteiger partial charge >= 0.3 is 5.63 Å². The van der Waals surface area contributed by atoms with E-state index < -0.39 is 0 Å². The van der Waals surface area contributed by atoms with E-state index in [0.29, 0.717) is 23.6 Å². The number of aryl methyl sites for hydroxylation is 1. The van der Waals surface area contributed by atoms with Gasteiger partial charge in [0, 0.05) is 28.8 Å². The van der Waals surface area contributed by atoms with Gasteiger partial charge in [-0.25, -0.2) is 4.79 Å². The quantitative estimate of drug-likeness (QED) is 0.837. The van der Waals surface area contributed by atoms with E-state index in [1.54, 1.807) is 45.0 Å². The largest absolute Gasteiger partial charge is 0.497 e. The van der Waals surface area contributed by atoms with Crippen molar-refractivity contribution in [1.29, 1.82) is 0 Å². The van der Waals surface area contributed by atoms with Gasteiger partial charge in [-0.3, -0.25) is 4.99 Å². The summed E-state index contributed by atoms with van der Waals surface area (Å²) in [4.78, 5) is 17.7. The van der Waals surface area contributed by atoms with Crippen LogP contribution in [0.2, 0.25) is 0 Å². The van der Waals surface area contributed by atoms with Crippen LogP contribution in [0.25, 0.3) is 4.91 Å². The molecule has 1 aliphatic rings. The van der Waals surface area contributed by atoms with E-state index in [1.807, 2.05) is 24.3 Å². The average Bonchev–Trinajstić information content (AvgIpc) is 2.87. The van der Waals surface area contributed by atoms with Crippen LogP contribution < -0.4 is 15.1 Å². The molecule has 1 aromatic carbocycles. The number of benzene rings is 1. The van der Waals surface area contributed by atoms with E-state index in [0.717, 1.165) is 27.7 Å². The monoisotopic (exact) mass is 357 g/mol. The zero-order chi connectivity index (χ0) is 17.8. The average molecular weight is 357 g/mol. The molecule has 5 nitrogen and oxygen atoms in total. The van der Waals surface area contributed by atoms with Gasteiger partial charge in [0.05, 0.1) is 25.5 Å². The summed E-state index contributed by atoms with van der Waals surface area (Å²) in [5.41, 5.74) is 1.67. The van der Waals surface area contributed by atoms with Crippen LogP contribution in [0.1, 0.15) is 16.9 Å². The van der Waals surface area contributed by atoms with E-state index in [4.69, 9.17) is 13.9 Å². The summed E-state index contributed by atoms with van der Waals surface area (Å²) in [5, 5.41) is 0. The second kappa shape index (κ2) is 7.61. The smallest absolute Gasteiger partial charge is 0.345 e. The molecule has 6 heteroatoms. The van der Waals surface area contributed by atoms with Crippen LogP contribution in [0.4, 0.5) is 0 Å². The van der Waals surface area contributed by atoms with Crippen LogP contribution in [0.15, 0.2) is 50.6 Å². The highest BCUT2D eigenvalue weighted by molar-refractivity contribution is 8.08. The molecule has 25 heavy (non-hydrogen) atoms. The summed E-state index contributed by atoms with van der Waals surface area (Å²) in [7, 11) is 3.25. The van der Waals surface area contributed by atoms with Crippen LogP contribution in [-0.4, -0.2) is 32.2 Å². The third-order valence-electron chi connectivity index (χ3n) is 3.81. The molecule has 0 unspecified atom stereocenters. The first-order valence-corrected chi connectivity index (χ1v) is 8.83. The van der Waals surface area contributed by atoms with E-state index in [-0.39, 0.29) is 5.63 Å². The lowest BCUT2D eigenvalue weighted by Gasteiger charge is -2.12. The molecular formula is C19H19NO4S. The van der Waals surface area contributed by atoms with Gasteiger partial charge in [-0.05, 0) is 37.3 Å². The first kappa shape index (κ1) is 17.4. The summed E-state index contributed by atoms with van der Waals surface area (Å²) in [6.07, 6.45) is 1.92. The highest BCUT2D eigenvalue weighted by atomic mass is 32.2. The Bertz CT molecular complexity index is 899.